The summed E-state index contributed by atoms with van der Waals surface area (Å²) < 4.78 is 0. The lowest BCUT2D eigenvalue weighted by molar-refractivity contribution is -0.116. The standard InChI is InChI=1S/C15H22ClN3O2/c16-13-3-1-2-4-14(13)17-15(21)5-6-18-7-9-19(10-8-18)11-12-20/h1-4,20H,5-12H2,(H,17,21). The van der Waals surface area contributed by atoms with Gasteiger partial charge >= 0.3 is 0 Å². The SMILES string of the molecule is O=C(CCN1CCN(CCO)CC1)Nc1ccccc1Cl. The predicted molar refractivity (Wildman–Crippen MR) is 84.7 cm³/mol. The van der Waals surface area contributed by atoms with E-state index in [4.69, 9.17) is 16.7 Å². The summed E-state index contributed by atoms with van der Waals surface area (Å²) >= 11 is 6.01. The summed E-state index contributed by atoms with van der Waals surface area (Å²) in [5.74, 6) is -0.0131. The molecule has 2 N–H and O–H groups in total. The van der Waals surface area contributed by atoms with Gasteiger partial charge in [-0.25, -0.2) is 0 Å². The number of rotatable bonds is 6. The highest BCUT2D eigenvalue weighted by Crippen LogP contribution is 2.20. The van der Waals surface area contributed by atoms with Crippen LogP contribution in [-0.4, -0.2) is 66.7 Å². The first-order chi connectivity index (χ1) is 10.2. The van der Waals surface area contributed by atoms with Crippen LogP contribution in [0, 0.1) is 0 Å². The van der Waals surface area contributed by atoms with Gasteiger partial charge in [-0.3, -0.25) is 9.69 Å². The lowest BCUT2D eigenvalue weighted by atomic mass is 10.2. The van der Waals surface area contributed by atoms with E-state index in [1.54, 1.807) is 12.1 Å². The van der Waals surface area contributed by atoms with Crippen molar-refractivity contribution in [2.45, 2.75) is 6.42 Å². The Morgan fingerprint density at radius 2 is 1.76 bits per heavy atom. The first-order valence-electron chi connectivity index (χ1n) is 7.29. The van der Waals surface area contributed by atoms with Gasteiger partial charge in [0.15, 0.2) is 0 Å². The zero-order chi connectivity index (χ0) is 15.1. The summed E-state index contributed by atoms with van der Waals surface area (Å²) in [7, 11) is 0. The molecule has 5 nitrogen and oxygen atoms in total. The second-order valence-electron chi connectivity index (χ2n) is 5.18. The Balaban J connectivity index is 1.69. The summed E-state index contributed by atoms with van der Waals surface area (Å²) in [6.45, 7) is 5.49. The fourth-order valence-electron chi connectivity index (χ4n) is 2.41. The topological polar surface area (TPSA) is 55.8 Å². The zero-order valence-corrected chi connectivity index (χ0v) is 12.9. The van der Waals surface area contributed by atoms with Gasteiger partial charge in [-0.05, 0) is 12.1 Å². The number of anilines is 1. The number of hydrogen-bond acceptors (Lipinski definition) is 4. The predicted octanol–water partition coefficient (Wildman–Crippen LogP) is 1.28. The van der Waals surface area contributed by atoms with Crippen molar-refractivity contribution in [1.82, 2.24) is 9.80 Å². The van der Waals surface area contributed by atoms with Crippen molar-refractivity contribution < 1.29 is 9.90 Å². The minimum absolute atomic E-state index is 0.0131. The van der Waals surface area contributed by atoms with E-state index in [0.29, 0.717) is 17.1 Å². The van der Waals surface area contributed by atoms with E-state index in [0.717, 1.165) is 39.3 Å². The van der Waals surface area contributed by atoms with Crippen LogP contribution in [0.1, 0.15) is 6.42 Å². The number of hydrogen-bond donors (Lipinski definition) is 2. The fraction of sp³-hybridized carbons (Fsp3) is 0.533. The first-order valence-corrected chi connectivity index (χ1v) is 7.67. The molecule has 1 amide bonds. The highest BCUT2D eigenvalue weighted by Gasteiger charge is 2.17. The van der Waals surface area contributed by atoms with Crippen LogP contribution < -0.4 is 5.32 Å². The van der Waals surface area contributed by atoms with E-state index < -0.39 is 0 Å². The fourth-order valence-corrected chi connectivity index (χ4v) is 2.60. The summed E-state index contributed by atoms with van der Waals surface area (Å²) in [6.07, 6.45) is 0.464. The molecule has 0 bridgehead atoms. The molecule has 0 atom stereocenters. The van der Waals surface area contributed by atoms with Crippen LogP contribution in [0.25, 0.3) is 0 Å². The number of aliphatic hydroxyl groups is 1. The van der Waals surface area contributed by atoms with Gasteiger partial charge in [0.25, 0.3) is 0 Å². The molecular weight excluding hydrogens is 290 g/mol. The third-order valence-corrected chi connectivity index (χ3v) is 4.01. The normalized spacial score (nSPS) is 16.9. The smallest absolute Gasteiger partial charge is 0.225 e. The van der Waals surface area contributed by atoms with Crippen molar-refractivity contribution in [3.63, 3.8) is 0 Å². The molecule has 2 rings (SSSR count). The van der Waals surface area contributed by atoms with Crippen LogP contribution in [0.5, 0.6) is 0 Å². The largest absolute Gasteiger partial charge is 0.395 e. The molecule has 0 aliphatic carbocycles. The molecule has 21 heavy (non-hydrogen) atoms. The number of carbonyl (C=O) groups excluding carboxylic acids is 1. The molecule has 1 saturated heterocycles. The Kier molecular flexibility index (Phi) is 6.45. The number of carbonyl (C=O) groups is 1. The zero-order valence-electron chi connectivity index (χ0n) is 12.1. The van der Waals surface area contributed by atoms with E-state index in [1.165, 1.54) is 0 Å². The van der Waals surface area contributed by atoms with Crippen molar-refractivity contribution in [2.75, 3.05) is 51.2 Å². The Labute approximate surface area is 130 Å². The van der Waals surface area contributed by atoms with Gasteiger partial charge in [-0.15, -0.1) is 0 Å². The van der Waals surface area contributed by atoms with Gasteiger partial charge in [0.05, 0.1) is 17.3 Å². The van der Waals surface area contributed by atoms with Crippen LogP contribution in [-0.2, 0) is 4.79 Å². The molecule has 0 spiro atoms. The van der Waals surface area contributed by atoms with Crippen molar-refractivity contribution in [1.29, 1.82) is 0 Å². The molecular formula is C15H22ClN3O2. The molecule has 1 aliphatic rings. The molecule has 0 aromatic heterocycles. The van der Waals surface area contributed by atoms with Gasteiger partial charge in [0.1, 0.15) is 0 Å². The second-order valence-corrected chi connectivity index (χ2v) is 5.59. The lowest BCUT2D eigenvalue weighted by Crippen LogP contribution is -2.47. The second kappa shape index (κ2) is 8.34. The van der Waals surface area contributed by atoms with Crippen LogP contribution >= 0.6 is 11.6 Å². The quantitative estimate of drug-likeness (QED) is 0.831. The molecule has 6 heteroatoms. The van der Waals surface area contributed by atoms with Crippen molar-refractivity contribution in [3.05, 3.63) is 29.3 Å². The maximum Gasteiger partial charge on any atom is 0.225 e. The number of benzene rings is 1. The number of halogens is 1. The van der Waals surface area contributed by atoms with Gasteiger partial charge in [0, 0.05) is 45.7 Å². The van der Waals surface area contributed by atoms with Crippen LogP contribution in [0.2, 0.25) is 5.02 Å². The average molecular weight is 312 g/mol. The Morgan fingerprint density at radius 1 is 1.14 bits per heavy atom. The van der Waals surface area contributed by atoms with Crippen molar-refractivity contribution >= 4 is 23.2 Å². The molecule has 116 valence electrons. The number of amides is 1. The van der Waals surface area contributed by atoms with E-state index in [-0.39, 0.29) is 12.5 Å². The molecule has 1 fully saturated rings. The van der Waals surface area contributed by atoms with Crippen LogP contribution in [0.3, 0.4) is 0 Å². The van der Waals surface area contributed by atoms with Gasteiger partial charge in [-0.2, -0.15) is 0 Å². The van der Waals surface area contributed by atoms with Gasteiger partial charge in [0.2, 0.25) is 5.91 Å². The Bertz CT molecular complexity index is 462. The third kappa shape index (κ3) is 5.28. The molecule has 1 heterocycles. The maximum absolute atomic E-state index is 11.9. The Morgan fingerprint density at radius 3 is 2.38 bits per heavy atom. The lowest BCUT2D eigenvalue weighted by Gasteiger charge is -2.34. The van der Waals surface area contributed by atoms with Crippen molar-refractivity contribution in [3.8, 4) is 0 Å². The van der Waals surface area contributed by atoms with E-state index in [2.05, 4.69) is 15.1 Å². The minimum Gasteiger partial charge on any atom is -0.395 e. The van der Waals surface area contributed by atoms with Gasteiger partial charge < -0.3 is 15.3 Å². The van der Waals surface area contributed by atoms with Crippen molar-refractivity contribution in [2.24, 2.45) is 0 Å². The third-order valence-electron chi connectivity index (χ3n) is 3.68. The molecule has 1 aliphatic heterocycles. The minimum atomic E-state index is -0.0131. The molecule has 0 saturated carbocycles. The summed E-state index contributed by atoms with van der Waals surface area (Å²) in [5.41, 5.74) is 0.664. The Hall–Kier alpha value is -1.14. The van der Waals surface area contributed by atoms with Gasteiger partial charge in [-0.1, -0.05) is 23.7 Å². The number of aliphatic hydroxyl groups excluding tert-OH is 1. The average Bonchev–Trinajstić information content (AvgIpc) is 2.49. The number of piperazine rings is 1. The number of β-amino-alcohol motifs (C(OH)–C–C–N with tert-alkyl or cyclic N) is 1. The van der Waals surface area contributed by atoms with Crippen LogP contribution in [0.4, 0.5) is 5.69 Å². The van der Waals surface area contributed by atoms with E-state index >= 15 is 0 Å². The summed E-state index contributed by atoms with van der Waals surface area (Å²) in [4.78, 5) is 16.4. The first kappa shape index (κ1) is 16.2. The highest BCUT2D eigenvalue weighted by atomic mass is 35.5. The molecule has 1 aromatic carbocycles. The monoisotopic (exact) mass is 311 g/mol. The summed E-state index contributed by atoms with van der Waals surface area (Å²) in [6, 6.07) is 7.25. The van der Waals surface area contributed by atoms with E-state index in [1.807, 2.05) is 12.1 Å². The number of nitrogens with one attached hydrogen (secondary N) is 1. The molecule has 0 radical (unpaired) electrons. The highest BCUT2D eigenvalue weighted by molar-refractivity contribution is 6.33. The maximum atomic E-state index is 11.9. The molecule has 0 unspecified atom stereocenters. The molecule has 1 aromatic rings. The van der Waals surface area contributed by atoms with E-state index in [9.17, 15) is 4.79 Å². The summed E-state index contributed by atoms with van der Waals surface area (Å²) in [5, 5.41) is 12.3. The number of para-hydroxylation sites is 1. The van der Waals surface area contributed by atoms with Crippen LogP contribution in [0.15, 0.2) is 24.3 Å². The number of nitrogens with zero attached hydrogens (tertiary/aromatic N) is 2.